The molecule has 1 saturated heterocycles. The average Bonchev–Trinajstić information content (AvgIpc) is 2.64. The second kappa shape index (κ2) is 4.19. The van der Waals surface area contributed by atoms with Crippen LogP contribution in [0, 0.1) is 6.92 Å². The molecule has 82 valence electrons. The molecule has 0 bridgehead atoms. The van der Waals surface area contributed by atoms with Crippen LogP contribution in [0.1, 0.15) is 30.1 Å². The van der Waals surface area contributed by atoms with Gasteiger partial charge in [0, 0.05) is 17.8 Å². The van der Waals surface area contributed by atoms with E-state index in [0.29, 0.717) is 11.9 Å². The van der Waals surface area contributed by atoms with Gasteiger partial charge in [-0.15, -0.1) is 0 Å². The van der Waals surface area contributed by atoms with Crippen molar-refractivity contribution in [3.05, 3.63) is 23.4 Å². The Morgan fingerprint density at radius 2 is 2.27 bits per heavy atom. The van der Waals surface area contributed by atoms with Gasteiger partial charge in [0.2, 0.25) is 5.88 Å². The molecule has 2 heterocycles. The van der Waals surface area contributed by atoms with Crippen LogP contribution in [0.3, 0.4) is 0 Å². The van der Waals surface area contributed by atoms with Crippen LogP contribution in [-0.4, -0.2) is 30.6 Å². The van der Waals surface area contributed by atoms with Gasteiger partial charge in [0.05, 0.1) is 7.11 Å². The van der Waals surface area contributed by atoms with E-state index in [-0.39, 0.29) is 0 Å². The zero-order chi connectivity index (χ0) is 10.8. The van der Waals surface area contributed by atoms with Crippen molar-refractivity contribution in [2.24, 2.45) is 0 Å². The molecule has 0 aromatic carbocycles. The van der Waals surface area contributed by atoms with Gasteiger partial charge in [-0.2, -0.15) is 0 Å². The first-order valence-electron chi connectivity index (χ1n) is 5.44. The predicted molar refractivity (Wildman–Crippen MR) is 60.1 cm³/mol. The standard InChI is InChI=1S/C12H18N2O/c1-9-10(6-7-12(13-9)15-3)11-5-4-8-14(11)2/h6-7,11H,4-5,8H2,1-3H3/t11-/m1/s1. The number of aryl methyl sites for hydroxylation is 1. The number of rotatable bonds is 2. The minimum absolute atomic E-state index is 0.545. The number of hydrogen-bond acceptors (Lipinski definition) is 3. The minimum Gasteiger partial charge on any atom is -0.481 e. The molecule has 1 aromatic heterocycles. The van der Waals surface area contributed by atoms with Gasteiger partial charge in [0.25, 0.3) is 0 Å². The van der Waals surface area contributed by atoms with Crippen molar-refractivity contribution >= 4 is 0 Å². The van der Waals surface area contributed by atoms with Crippen molar-refractivity contribution < 1.29 is 4.74 Å². The lowest BCUT2D eigenvalue weighted by Gasteiger charge is -2.21. The van der Waals surface area contributed by atoms with Crippen LogP contribution in [0.5, 0.6) is 5.88 Å². The Morgan fingerprint density at radius 3 is 2.80 bits per heavy atom. The Bertz CT molecular complexity index is 351. The number of aromatic nitrogens is 1. The molecule has 1 aliphatic heterocycles. The fourth-order valence-electron chi connectivity index (χ4n) is 2.32. The second-order valence-corrected chi connectivity index (χ2v) is 4.17. The van der Waals surface area contributed by atoms with Crippen molar-refractivity contribution in [3.8, 4) is 5.88 Å². The van der Waals surface area contributed by atoms with E-state index in [4.69, 9.17) is 4.74 Å². The molecule has 0 radical (unpaired) electrons. The first kappa shape index (κ1) is 10.4. The molecular weight excluding hydrogens is 188 g/mol. The van der Waals surface area contributed by atoms with Gasteiger partial charge >= 0.3 is 0 Å². The van der Waals surface area contributed by atoms with E-state index < -0.39 is 0 Å². The van der Waals surface area contributed by atoms with E-state index in [1.807, 2.05) is 6.07 Å². The van der Waals surface area contributed by atoms with Gasteiger partial charge in [-0.25, -0.2) is 4.98 Å². The van der Waals surface area contributed by atoms with Crippen LogP contribution in [0.15, 0.2) is 12.1 Å². The molecule has 0 amide bonds. The molecular formula is C12H18N2O. The Balaban J connectivity index is 2.28. The molecule has 1 fully saturated rings. The van der Waals surface area contributed by atoms with Crippen molar-refractivity contribution in [3.63, 3.8) is 0 Å². The first-order valence-corrected chi connectivity index (χ1v) is 5.44. The number of likely N-dealkylation sites (tertiary alicyclic amines) is 1. The highest BCUT2D eigenvalue weighted by molar-refractivity contribution is 5.28. The van der Waals surface area contributed by atoms with Crippen molar-refractivity contribution in [2.45, 2.75) is 25.8 Å². The Labute approximate surface area is 91.1 Å². The summed E-state index contributed by atoms with van der Waals surface area (Å²) in [4.78, 5) is 6.82. The molecule has 0 N–H and O–H groups in total. The summed E-state index contributed by atoms with van der Waals surface area (Å²) in [5, 5.41) is 0. The van der Waals surface area contributed by atoms with E-state index >= 15 is 0 Å². The number of ether oxygens (including phenoxy) is 1. The van der Waals surface area contributed by atoms with Crippen molar-refractivity contribution in [1.82, 2.24) is 9.88 Å². The van der Waals surface area contributed by atoms with E-state index in [9.17, 15) is 0 Å². The Kier molecular flexibility index (Phi) is 2.91. The van der Waals surface area contributed by atoms with Gasteiger partial charge in [-0.05, 0) is 38.9 Å². The van der Waals surface area contributed by atoms with Gasteiger partial charge in [-0.3, -0.25) is 4.90 Å². The highest BCUT2D eigenvalue weighted by atomic mass is 16.5. The monoisotopic (exact) mass is 206 g/mol. The lowest BCUT2D eigenvalue weighted by molar-refractivity contribution is 0.315. The maximum absolute atomic E-state index is 5.11. The Morgan fingerprint density at radius 1 is 1.47 bits per heavy atom. The molecule has 2 rings (SSSR count). The molecule has 0 aliphatic carbocycles. The zero-order valence-electron chi connectivity index (χ0n) is 9.66. The molecule has 15 heavy (non-hydrogen) atoms. The summed E-state index contributed by atoms with van der Waals surface area (Å²) in [5.74, 6) is 0.705. The van der Waals surface area contributed by atoms with Crippen LogP contribution in [0.4, 0.5) is 0 Å². The number of methoxy groups -OCH3 is 1. The fraction of sp³-hybridized carbons (Fsp3) is 0.583. The molecule has 0 spiro atoms. The SMILES string of the molecule is COc1ccc([C@H]2CCCN2C)c(C)n1. The van der Waals surface area contributed by atoms with Gasteiger partial charge < -0.3 is 4.74 Å². The molecule has 3 nitrogen and oxygen atoms in total. The maximum atomic E-state index is 5.11. The van der Waals surface area contributed by atoms with Crippen molar-refractivity contribution in [2.75, 3.05) is 20.7 Å². The maximum Gasteiger partial charge on any atom is 0.213 e. The third kappa shape index (κ3) is 1.97. The summed E-state index contributed by atoms with van der Waals surface area (Å²) < 4.78 is 5.11. The van der Waals surface area contributed by atoms with Crippen LogP contribution < -0.4 is 4.74 Å². The summed E-state index contributed by atoms with van der Waals surface area (Å²) in [6.07, 6.45) is 2.53. The highest BCUT2D eigenvalue weighted by Crippen LogP contribution is 2.32. The summed E-state index contributed by atoms with van der Waals surface area (Å²) in [6.45, 7) is 3.25. The number of pyridine rings is 1. The largest absolute Gasteiger partial charge is 0.481 e. The lowest BCUT2D eigenvalue weighted by Crippen LogP contribution is -2.18. The van der Waals surface area contributed by atoms with E-state index in [1.165, 1.54) is 24.9 Å². The molecule has 1 atom stereocenters. The fourth-order valence-corrected chi connectivity index (χ4v) is 2.32. The smallest absolute Gasteiger partial charge is 0.213 e. The lowest BCUT2D eigenvalue weighted by atomic mass is 10.0. The van der Waals surface area contributed by atoms with E-state index in [2.05, 4.69) is 29.9 Å². The summed E-state index contributed by atoms with van der Waals surface area (Å²) >= 11 is 0. The molecule has 3 heteroatoms. The number of hydrogen-bond donors (Lipinski definition) is 0. The second-order valence-electron chi connectivity index (χ2n) is 4.17. The quantitative estimate of drug-likeness (QED) is 0.741. The van der Waals surface area contributed by atoms with Gasteiger partial charge in [0.15, 0.2) is 0 Å². The topological polar surface area (TPSA) is 25.4 Å². The summed E-state index contributed by atoms with van der Waals surface area (Å²) in [6, 6.07) is 4.64. The van der Waals surface area contributed by atoms with Gasteiger partial charge in [0.1, 0.15) is 0 Å². The van der Waals surface area contributed by atoms with E-state index in [0.717, 1.165) is 5.69 Å². The van der Waals surface area contributed by atoms with Gasteiger partial charge in [-0.1, -0.05) is 6.07 Å². The average molecular weight is 206 g/mol. The molecule has 1 aliphatic rings. The summed E-state index contributed by atoms with van der Waals surface area (Å²) in [7, 11) is 3.84. The normalized spacial score (nSPS) is 21.9. The molecule has 1 aromatic rings. The molecule has 0 unspecified atom stereocenters. The number of nitrogens with zero attached hydrogens (tertiary/aromatic N) is 2. The third-order valence-corrected chi connectivity index (χ3v) is 3.19. The van der Waals surface area contributed by atoms with Crippen LogP contribution in [0.2, 0.25) is 0 Å². The predicted octanol–water partition coefficient (Wildman–Crippen LogP) is 2.17. The first-order chi connectivity index (χ1) is 7.22. The van der Waals surface area contributed by atoms with E-state index in [1.54, 1.807) is 7.11 Å². The van der Waals surface area contributed by atoms with Crippen LogP contribution in [0.25, 0.3) is 0 Å². The van der Waals surface area contributed by atoms with Crippen LogP contribution >= 0.6 is 0 Å². The summed E-state index contributed by atoms with van der Waals surface area (Å²) in [5.41, 5.74) is 2.43. The Hall–Kier alpha value is -1.09. The van der Waals surface area contributed by atoms with Crippen LogP contribution in [-0.2, 0) is 0 Å². The third-order valence-electron chi connectivity index (χ3n) is 3.19. The van der Waals surface area contributed by atoms with Crippen molar-refractivity contribution in [1.29, 1.82) is 0 Å². The zero-order valence-corrected chi connectivity index (χ0v) is 9.66. The highest BCUT2D eigenvalue weighted by Gasteiger charge is 2.24. The minimum atomic E-state index is 0.545. The molecule has 0 saturated carbocycles.